The normalized spacial score (nSPS) is 10.7. The summed E-state index contributed by atoms with van der Waals surface area (Å²) in [6.45, 7) is 0. The molecule has 4 nitrogen and oxygen atoms in total. The van der Waals surface area contributed by atoms with Crippen molar-refractivity contribution in [2.45, 2.75) is 12.8 Å². The topological polar surface area (TPSA) is 54.9 Å². The van der Waals surface area contributed by atoms with Crippen LogP contribution in [-0.2, 0) is 11.2 Å². The largest absolute Gasteiger partial charge is 0.302 e. The number of carbonyl (C=O) groups is 1. The molecule has 21 heavy (non-hydrogen) atoms. The SMILES string of the molecule is O=C(CCc1cccnc1)Nc1nc2ccc(F)cc2s1. The van der Waals surface area contributed by atoms with Crippen molar-refractivity contribution in [1.82, 2.24) is 9.97 Å². The highest BCUT2D eigenvalue weighted by Gasteiger charge is 2.08. The number of nitrogens with zero attached hydrogens (tertiary/aromatic N) is 2. The van der Waals surface area contributed by atoms with E-state index in [2.05, 4.69) is 15.3 Å². The molecular formula is C15H12FN3OS. The lowest BCUT2D eigenvalue weighted by molar-refractivity contribution is -0.116. The van der Waals surface area contributed by atoms with Crippen LogP contribution in [0.5, 0.6) is 0 Å². The molecule has 1 aromatic carbocycles. The lowest BCUT2D eigenvalue weighted by Crippen LogP contribution is -2.12. The number of fused-ring (bicyclic) bond motifs is 1. The van der Waals surface area contributed by atoms with E-state index in [1.165, 1.54) is 23.5 Å². The number of rotatable bonds is 4. The van der Waals surface area contributed by atoms with Gasteiger partial charge in [-0.05, 0) is 36.2 Å². The second kappa shape index (κ2) is 5.97. The summed E-state index contributed by atoms with van der Waals surface area (Å²) < 4.78 is 13.8. The zero-order chi connectivity index (χ0) is 14.7. The number of thiazole rings is 1. The standard InChI is InChI=1S/C15H12FN3OS/c16-11-4-5-12-13(8-11)21-15(18-12)19-14(20)6-3-10-2-1-7-17-9-10/h1-2,4-5,7-9H,3,6H2,(H,18,19,20). The van der Waals surface area contributed by atoms with Crippen molar-refractivity contribution in [2.24, 2.45) is 0 Å². The maximum atomic E-state index is 13.1. The third kappa shape index (κ3) is 3.41. The summed E-state index contributed by atoms with van der Waals surface area (Å²) in [7, 11) is 0. The summed E-state index contributed by atoms with van der Waals surface area (Å²) in [4.78, 5) is 20.2. The summed E-state index contributed by atoms with van der Waals surface area (Å²) in [5, 5.41) is 3.24. The Morgan fingerprint density at radius 1 is 1.33 bits per heavy atom. The van der Waals surface area contributed by atoms with Gasteiger partial charge in [0, 0.05) is 18.8 Å². The number of nitrogens with one attached hydrogen (secondary N) is 1. The molecule has 0 fully saturated rings. The Hall–Kier alpha value is -2.34. The number of carbonyl (C=O) groups excluding carboxylic acids is 1. The first-order chi connectivity index (χ1) is 10.2. The predicted octanol–water partition coefficient (Wildman–Crippen LogP) is 3.40. The van der Waals surface area contributed by atoms with Crippen molar-refractivity contribution in [3.8, 4) is 0 Å². The monoisotopic (exact) mass is 301 g/mol. The first-order valence-corrected chi connectivity index (χ1v) is 7.27. The van der Waals surface area contributed by atoms with Crippen LogP contribution >= 0.6 is 11.3 Å². The molecule has 0 unspecified atom stereocenters. The van der Waals surface area contributed by atoms with Gasteiger partial charge in [0.2, 0.25) is 5.91 Å². The maximum absolute atomic E-state index is 13.1. The van der Waals surface area contributed by atoms with Gasteiger partial charge in [-0.15, -0.1) is 0 Å². The molecule has 0 saturated carbocycles. The van der Waals surface area contributed by atoms with Crippen LogP contribution < -0.4 is 5.32 Å². The molecule has 0 spiro atoms. The van der Waals surface area contributed by atoms with Crippen LogP contribution in [0.1, 0.15) is 12.0 Å². The Balaban J connectivity index is 1.63. The fourth-order valence-electron chi connectivity index (χ4n) is 1.94. The van der Waals surface area contributed by atoms with E-state index in [1.807, 2.05) is 12.1 Å². The summed E-state index contributed by atoms with van der Waals surface area (Å²) >= 11 is 1.27. The molecular weight excluding hydrogens is 289 g/mol. The summed E-state index contributed by atoms with van der Waals surface area (Å²) in [6.07, 6.45) is 4.42. The van der Waals surface area contributed by atoms with Crippen LogP contribution in [-0.4, -0.2) is 15.9 Å². The molecule has 2 heterocycles. The molecule has 2 aromatic heterocycles. The zero-order valence-electron chi connectivity index (χ0n) is 11.0. The third-order valence-corrected chi connectivity index (χ3v) is 3.89. The highest BCUT2D eigenvalue weighted by Crippen LogP contribution is 2.26. The summed E-state index contributed by atoms with van der Waals surface area (Å²) in [5.74, 6) is -0.418. The van der Waals surface area contributed by atoms with Gasteiger partial charge in [-0.2, -0.15) is 0 Å². The van der Waals surface area contributed by atoms with Gasteiger partial charge in [-0.25, -0.2) is 9.37 Å². The molecule has 1 N–H and O–H groups in total. The lowest BCUT2D eigenvalue weighted by Gasteiger charge is -2.01. The highest BCUT2D eigenvalue weighted by molar-refractivity contribution is 7.22. The molecule has 106 valence electrons. The van der Waals surface area contributed by atoms with Crippen molar-refractivity contribution in [3.05, 3.63) is 54.1 Å². The number of hydrogen-bond donors (Lipinski definition) is 1. The maximum Gasteiger partial charge on any atom is 0.226 e. The van der Waals surface area contributed by atoms with E-state index in [0.29, 0.717) is 23.5 Å². The molecule has 0 aliphatic heterocycles. The van der Waals surface area contributed by atoms with Gasteiger partial charge in [0.1, 0.15) is 5.82 Å². The number of halogens is 1. The van der Waals surface area contributed by atoms with Crippen LogP contribution in [0.2, 0.25) is 0 Å². The molecule has 0 aliphatic carbocycles. The first kappa shape index (κ1) is 13.6. The molecule has 3 rings (SSSR count). The zero-order valence-corrected chi connectivity index (χ0v) is 11.9. The lowest BCUT2D eigenvalue weighted by atomic mass is 10.1. The minimum atomic E-state index is -0.305. The molecule has 0 atom stereocenters. The Kier molecular flexibility index (Phi) is 3.87. The van der Waals surface area contributed by atoms with E-state index < -0.39 is 0 Å². The molecule has 0 radical (unpaired) electrons. The van der Waals surface area contributed by atoms with Crippen molar-refractivity contribution in [3.63, 3.8) is 0 Å². The van der Waals surface area contributed by atoms with E-state index in [0.717, 1.165) is 10.3 Å². The average molecular weight is 301 g/mol. The molecule has 1 amide bonds. The van der Waals surface area contributed by atoms with E-state index >= 15 is 0 Å². The van der Waals surface area contributed by atoms with Crippen LogP contribution in [0, 0.1) is 5.82 Å². The number of pyridine rings is 1. The van der Waals surface area contributed by atoms with Gasteiger partial charge >= 0.3 is 0 Å². The first-order valence-electron chi connectivity index (χ1n) is 6.45. The van der Waals surface area contributed by atoms with Gasteiger partial charge in [0.25, 0.3) is 0 Å². The number of amides is 1. The van der Waals surface area contributed by atoms with Crippen LogP contribution in [0.4, 0.5) is 9.52 Å². The quantitative estimate of drug-likeness (QED) is 0.803. The van der Waals surface area contributed by atoms with E-state index in [9.17, 15) is 9.18 Å². The Morgan fingerprint density at radius 3 is 3.05 bits per heavy atom. The average Bonchev–Trinajstić information content (AvgIpc) is 2.87. The number of hydrogen-bond acceptors (Lipinski definition) is 4. The Labute approximate surface area is 124 Å². The summed E-state index contributed by atoms with van der Waals surface area (Å²) in [5.41, 5.74) is 1.70. The van der Waals surface area contributed by atoms with Crippen molar-refractivity contribution in [1.29, 1.82) is 0 Å². The van der Waals surface area contributed by atoms with Crippen molar-refractivity contribution < 1.29 is 9.18 Å². The minimum Gasteiger partial charge on any atom is -0.302 e. The van der Waals surface area contributed by atoms with Crippen molar-refractivity contribution >= 4 is 32.6 Å². The van der Waals surface area contributed by atoms with E-state index in [1.54, 1.807) is 18.5 Å². The Morgan fingerprint density at radius 2 is 2.24 bits per heavy atom. The number of benzene rings is 1. The smallest absolute Gasteiger partial charge is 0.226 e. The number of aryl methyl sites for hydroxylation is 1. The van der Waals surface area contributed by atoms with E-state index in [-0.39, 0.29) is 11.7 Å². The molecule has 3 aromatic rings. The van der Waals surface area contributed by atoms with Crippen LogP contribution in [0.3, 0.4) is 0 Å². The molecule has 0 bridgehead atoms. The fraction of sp³-hybridized carbons (Fsp3) is 0.133. The predicted molar refractivity (Wildman–Crippen MR) is 80.8 cm³/mol. The Bertz CT molecular complexity index is 773. The second-order valence-electron chi connectivity index (χ2n) is 4.54. The molecule has 0 aliphatic rings. The van der Waals surface area contributed by atoms with Gasteiger partial charge in [-0.3, -0.25) is 9.78 Å². The third-order valence-electron chi connectivity index (χ3n) is 2.96. The fourth-order valence-corrected chi connectivity index (χ4v) is 2.84. The minimum absolute atomic E-state index is 0.113. The highest BCUT2D eigenvalue weighted by atomic mass is 32.1. The van der Waals surface area contributed by atoms with Gasteiger partial charge < -0.3 is 5.32 Å². The van der Waals surface area contributed by atoms with Crippen LogP contribution in [0.25, 0.3) is 10.2 Å². The van der Waals surface area contributed by atoms with Gasteiger partial charge in [0.05, 0.1) is 10.2 Å². The second-order valence-corrected chi connectivity index (χ2v) is 5.57. The van der Waals surface area contributed by atoms with Crippen molar-refractivity contribution in [2.75, 3.05) is 5.32 Å². The van der Waals surface area contributed by atoms with Gasteiger partial charge in [-0.1, -0.05) is 17.4 Å². The molecule has 6 heteroatoms. The molecule has 0 saturated heterocycles. The van der Waals surface area contributed by atoms with E-state index in [4.69, 9.17) is 0 Å². The van der Waals surface area contributed by atoms with Gasteiger partial charge in [0.15, 0.2) is 5.13 Å². The number of anilines is 1. The number of aromatic nitrogens is 2. The van der Waals surface area contributed by atoms with Crippen LogP contribution in [0.15, 0.2) is 42.7 Å². The summed E-state index contributed by atoms with van der Waals surface area (Å²) in [6, 6.07) is 8.15.